The van der Waals surface area contributed by atoms with Crippen molar-refractivity contribution in [2.24, 2.45) is 0 Å². The summed E-state index contributed by atoms with van der Waals surface area (Å²) in [7, 11) is 0. The van der Waals surface area contributed by atoms with E-state index in [-0.39, 0.29) is 0 Å². The van der Waals surface area contributed by atoms with Crippen LogP contribution in [-0.4, -0.2) is 43.5 Å². The van der Waals surface area contributed by atoms with E-state index in [0.29, 0.717) is 19.3 Å². The molecule has 0 unspecified atom stereocenters. The molecule has 0 atom stereocenters. The number of rotatable bonds is 5. The lowest BCUT2D eigenvalue weighted by Crippen LogP contribution is -2.33. The largest absolute Gasteiger partial charge is 0.465 e. The number of ether oxygens (including phenoxy) is 1. The normalized spacial score (nSPS) is 18.0. The Kier molecular flexibility index (Phi) is 5.32. The van der Waals surface area contributed by atoms with Crippen LogP contribution in [-0.2, 0) is 4.74 Å². The molecule has 5 heteroatoms. The lowest BCUT2D eigenvalue weighted by molar-refractivity contribution is 0.0319. The molecule has 0 bridgehead atoms. The van der Waals surface area contributed by atoms with Gasteiger partial charge in [0.05, 0.1) is 6.10 Å². The second-order valence-corrected chi connectivity index (χ2v) is 3.41. The van der Waals surface area contributed by atoms with E-state index >= 15 is 0 Å². The van der Waals surface area contributed by atoms with Gasteiger partial charge in [0.15, 0.2) is 0 Å². The summed E-state index contributed by atoms with van der Waals surface area (Å²) < 4.78 is 5.59. The molecule has 0 saturated carbocycles. The fourth-order valence-corrected chi connectivity index (χ4v) is 1.48. The van der Waals surface area contributed by atoms with E-state index in [4.69, 9.17) is 9.84 Å². The SMILES string of the molecule is O=C(O)NCCCOC1CCNCC1. The Bertz CT molecular complexity index is 169. The number of amides is 1. The van der Waals surface area contributed by atoms with Gasteiger partial charge in [0.2, 0.25) is 0 Å². The van der Waals surface area contributed by atoms with Gasteiger partial charge in [-0.15, -0.1) is 0 Å². The molecule has 5 nitrogen and oxygen atoms in total. The Balaban J connectivity index is 1.90. The first kappa shape index (κ1) is 11.3. The Labute approximate surface area is 83.8 Å². The van der Waals surface area contributed by atoms with Crippen LogP contribution < -0.4 is 10.6 Å². The third-order valence-corrected chi connectivity index (χ3v) is 2.24. The van der Waals surface area contributed by atoms with Crippen LogP contribution in [0.5, 0.6) is 0 Å². The zero-order chi connectivity index (χ0) is 10.2. The van der Waals surface area contributed by atoms with E-state index in [1.54, 1.807) is 0 Å². The van der Waals surface area contributed by atoms with Crippen molar-refractivity contribution in [3.05, 3.63) is 0 Å². The minimum atomic E-state index is -0.966. The number of piperidine rings is 1. The summed E-state index contributed by atoms with van der Waals surface area (Å²) in [6.07, 6.45) is 2.27. The summed E-state index contributed by atoms with van der Waals surface area (Å²) in [5.41, 5.74) is 0. The molecule has 1 fully saturated rings. The molecular formula is C9H18N2O3. The van der Waals surface area contributed by atoms with Gasteiger partial charge in [-0.25, -0.2) is 4.79 Å². The topological polar surface area (TPSA) is 70.6 Å². The molecule has 82 valence electrons. The summed E-state index contributed by atoms with van der Waals surface area (Å²) in [5.74, 6) is 0. The number of nitrogens with one attached hydrogen (secondary N) is 2. The second-order valence-electron chi connectivity index (χ2n) is 3.41. The predicted octanol–water partition coefficient (Wildman–Crippen LogP) is 0.413. The van der Waals surface area contributed by atoms with Crippen molar-refractivity contribution >= 4 is 6.09 Å². The summed E-state index contributed by atoms with van der Waals surface area (Å²) in [6, 6.07) is 0. The van der Waals surface area contributed by atoms with Crippen molar-refractivity contribution in [3.8, 4) is 0 Å². The Morgan fingerprint density at radius 1 is 1.50 bits per heavy atom. The minimum Gasteiger partial charge on any atom is -0.465 e. The zero-order valence-corrected chi connectivity index (χ0v) is 8.29. The molecule has 1 amide bonds. The van der Waals surface area contributed by atoms with Crippen LogP contribution >= 0.6 is 0 Å². The number of hydrogen-bond donors (Lipinski definition) is 3. The van der Waals surface area contributed by atoms with Crippen LogP contribution in [0.4, 0.5) is 4.79 Å². The number of hydrogen-bond acceptors (Lipinski definition) is 3. The van der Waals surface area contributed by atoms with Crippen LogP contribution in [0.1, 0.15) is 19.3 Å². The van der Waals surface area contributed by atoms with Gasteiger partial charge in [0.25, 0.3) is 0 Å². The predicted molar refractivity (Wildman–Crippen MR) is 52.5 cm³/mol. The highest BCUT2D eigenvalue weighted by Crippen LogP contribution is 2.06. The average Bonchev–Trinajstić information content (AvgIpc) is 2.18. The number of carboxylic acid groups (broad SMARTS) is 1. The van der Waals surface area contributed by atoms with Gasteiger partial charge in [0, 0.05) is 13.2 Å². The molecule has 1 heterocycles. The lowest BCUT2D eigenvalue weighted by atomic mass is 10.1. The van der Waals surface area contributed by atoms with Gasteiger partial charge in [0.1, 0.15) is 0 Å². The van der Waals surface area contributed by atoms with Crippen LogP contribution in [0, 0.1) is 0 Å². The maximum atomic E-state index is 10.1. The highest BCUT2D eigenvalue weighted by Gasteiger charge is 2.12. The fraction of sp³-hybridized carbons (Fsp3) is 0.889. The summed E-state index contributed by atoms with van der Waals surface area (Å²) in [5, 5.41) is 13.9. The van der Waals surface area contributed by atoms with Gasteiger partial charge in [-0.3, -0.25) is 0 Å². The zero-order valence-electron chi connectivity index (χ0n) is 8.29. The van der Waals surface area contributed by atoms with Gasteiger partial charge in [-0.05, 0) is 32.4 Å². The molecule has 1 aliphatic rings. The Morgan fingerprint density at radius 3 is 2.86 bits per heavy atom. The maximum Gasteiger partial charge on any atom is 0.404 e. The molecule has 0 spiro atoms. The van der Waals surface area contributed by atoms with Crippen molar-refractivity contribution < 1.29 is 14.6 Å². The molecule has 3 N–H and O–H groups in total. The monoisotopic (exact) mass is 202 g/mol. The molecule has 1 aliphatic heterocycles. The third kappa shape index (κ3) is 5.04. The van der Waals surface area contributed by atoms with Crippen LogP contribution in [0.3, 0.4) is 0 Å². The van der Waals surface area contributed by atoms with Crippen molar-refractivity contribution in [1.82, 2.24) is 10.6 Å². The second kappa shape index (κ2) is 6.62. The quantitative estimate of drug-likeness (QED) is 0.565. The van der Waals surface area contributed by atoms with E-state index < -0.39 is 6.09 Å². The van der Waals surface area contributed by atoms with E-state index in [1.165, 1.54) is 0 Å². The van der Waals surface area contributed by atoms with Crippen molar-refractivity contribution in [2.75, 3.05) is 26.2 Å². The van der Waals surface area contributed by atoms with Crippen LogP contribution in [0.2, 0.25) is 0 Å². The van der Waals surface area contributed by atoms with Crippen molar-refractivity contribution in [1.29, 1.82) is 0 Å². The standard InChI is InChI=1S/C9H18N2O3/c12-9(13)11-4-1-7-14-8-2-5-10-6-3-8/h8,10-11H,1-7H2,(H,12,13). The smallest absolute Gasteiger partial charge is 0.404 e. The highest BCUT2D eigenvalue weighted by atomic mass is 16.5. The molecule has 0 aromatic heterocycles. The van der Waals surface area contributed by atoms with Crippen LogP contribution in [0.25, 0.3) is 0 Å². The molecule has 0 aromatic carbocycles. The van der Waals surface area contributed by atoms with Gasteiger partial charge >= 0.3 is 6.09 Å². The van der Waals surface area contributed by atoms with E-state index in [0.717, 1.165) is 32.4 Å². The Morgan fingerprint density at radius 2 is 2.21 bits per heavy atom. The number of carbonyl (C=O) groups is 1. The molecule has 14 heavy (non-hydrogen) atoms. The summed E-state index contributed by atoms with van der Waals surface area (Å²) in [4.78, 5) is 10.1. The molecule has 0 radical (unpaired) electrons. The summed E-state index contributed by atoms with van der Waals surface area (Å²) in [6.45, 7) is 3.17. The first-order chi connectivity index (χ1) is 6.79. The van der Waals surface area contributed by atoms with E-state index in [1.807, 2.05) is 0 Å². The molecule has 0 aromatic rings. The minimum absolute atomic E-state index is 0.362. The van der Waals surface area contributed by atoms with E-state index in [2.05, 4.69) is 10.6 Å². The summed E-state index contributed by atoms with van der Waals surface area (Å²) >= 11 is 0. The van der Waals surface area contributed by atoms with Crippen LogP contribution in [0.15, 0.2) is 0 Å². The van der Waals surface area contributed by atoms with Gasteiger partial charge in [-0.1, -0.05) is 0 Å². The Hall–Kier alpha value is -0.810. The maximum absolute atomic E-state index is 10.1. The molecular weight excluding hydrogens is 184 g/mol. The third-order valence-electron chi connectivity index (χ3n) is 2.24. The lowest BCUT2D eigenvalue weighted by Gasteiger charge is -2.22. The first-order valence-corrected chi connectivity index (χ1v) is 5.08. The molecule has 1 rings (SSSR count). The highest BCUT2D eigenvalue weighted by molar-refractivity contribution is 5.64. The molecule has 0 aliphatic carbocycles. The fourth-order valence-electron chi connectivity index (χ4n) is 1.48. The van der Waals surface area contributed by atoms with Crippen molar-refractivity contribution in [3.63, 3.8) is 0 Å². The van der Waals surface area contributed by atoms with Gasteiger partial charge in [-0.2, -0.15) is 0 Å². The average molecular weight is 202 g/mol. The van der Waals surface area contributed by atoms with Gasteiger partial charge < -0.3 is 20.5 Å². The van der Waals surface area contributed by atoms with E-state index in [9.17, 15) is 4.79 Å². The first-order valence-electron chi connectivity index (χ1n) is 5.08. The van der Waals surface area contributed by atoms with Crippen molar-refractivity contribution in [2.45, 2.75) is 25.4 Å². The molecule has 1 saturated heterocycles.